The van der Waals surface area contributed by atoms with E-state index in [2.05, 4.69) is 11.8 Å². The zero-order chi connectivity index (χ0) is 41.7. The Hall–Kier alpha value is -3.14. The third-order valence-corrected chi connectivity index (χ3v) is 12.0. The minimum absolute atomic E-state index is 0.0881. The number of hydrogen-bond donors (Lipinski definition) is 1. The average Bonchev–Trinajstić information content (AvgIpc) is 3.16. The number of ketones is 1. The van der Waals surface area contributed by atoms with Crippen LogP contribution in [0.15, 0.2) is 24.3 Å². The summed E-state index contributed by atoms with van der Waals surface area (Å²) in [6.45, 7) is 16.8. The highest BCUT2D eigenvalue weighted by molar-refractivity contribution is 6.04. The summed E-state index contributed by atoms with van der Waals surface area (Å²) in [4.78, 5) is 64.2. The van der Waals surface area contributed by atoms with Gasteiger partial charge in [0.2, 0.25) is 5.91 Å². The molecule has 0 bridgehead atoms. The molecule has 1 aromatic rings. The minimum atomic E-state index is -1.62. The molecule has 0 saturated carbocycles. The zero-order valence-electron chi connectivity index (χ0n) is 35.8. The number of carbonyl (C=O) groups is 4. The standard InChI is InChI=1S/C42H68N4O10/c1-13-17-46-25-26(2)24-42(8,53-12)36(56-39-34(47)32(43(9)10)22-27(3)54-39)28(4)35(48)41(6,7)40(51)55-29(5)33(46)38(50)45-20-18-44(19-21-45)37(49)30-15-14-16-31(23-30)52-11/h14-16,23,26-29,32-34,36,39,47H,13,17-22,24-25H2,1-12H3/t26-,27-,28+,29+,32+,33-,34-,36-,39+,42-/m1/s1. The normalized spacial score (nSPS) is 33.9. The fourth-order valence-electron chi connectivity index (χ4n) is 8.79. The SMILES string of the molecule is CCCN1C[C@H](C)C[C@@](C)(OC)[C@H](O[C@@H]2O[C@H](C)C[C@H](N(C)C)[C@H]2O)[C@@H](C)C(=O)C(C)(C)C(=O)O[C@@H](C)[C@@H]1C(=O)N1CCN(C(=O)c2cccc(OC)c2)CC1. The van der Waals surface area contributed by atoms with E-state index in [-0.39, 0.29) is 29.9 Å². The number of benzene rings is 1. The summed E-state index contributed by atoms with van der Waals surface area (Å²) >= 11 is 0. The van der Waals surface area contributed by atoms with Crippen LogP contribution in [0, 0.1) is 17.3 Å². The van der Waals surface area contributed by atoms with Crippen molar-refractivity contribution in [3.8, 4) is 5.75 Å². The third kappa shape index (κ3) is 10.1. The van der Waals surface area contributed by atoms with Crippen LogP contribution in [0.3, 0.4) is 0 Å². The van der Waals surface area contributed by atoms with Gasteiger partial charge in [0.05, 0.1) is 24.9 Å². The number of nitrogens with zero attached hydrogens (tertiary/aromatic N) is 4. The van der Waals surface area contributed by atoms with E-state index >= 15 is 0 Å². The van der Waals surface area contributed by atoms with Crippen LogP contribution in [0.4, 0.5) is 0 Å². The molecular formula is C42H68N4O10. The minimum Gasteiger partial charge on any atom is -0.497 e. The first-order valence-electron chi connectivity index (χ1n) is 20.2. The number of esters is 1. The summed E-state index contributed by atoms with van der Waals surface area (Å²) in [6.07, 6.45) is -2.32. The second kappa shape index (κ2) is 19.1. The molecule has 2 amide bonds. The quantitative estimate of drug-likeness (QED) is 0.289. The van der Waals surface area contributed by atoms with Crippen molar-refractivity contribution in [3.05, 3.63) is 29.8 Å². The molecule has 56 heavy (non-hydrogen) atoms. The Bertz CT molecular complexity index is 1520. The Kier molecular flexibility index (Phi) is 15.5. The fourth-order valence-corrected chi connectivity index (χ4v) is 8.79. The summed E-state index contributed by atoms with van der Waals surface area (Å²) in [7, 11) is 6.93. The third-order valence-electron chi connectivity index (χ3n) is 12.0. The molecule has 3 heterocycles. The maximum atomic E-state index is 14.7. The van der Waals surface area contributed by atoms with Crippen LogP contribution in [0.1, 0.15) is 85.0 Å². The molecule has 3 aliphatic rings. The predicted molar refractivity (Wildman–Crippen MR) is 211 cm³/mol. The Morgan fingerprint density at radius 2 is 1.64 bits per heavy atom. The number of Topliss-reactive ketones (excluding diaryl/α,β-unsaturated/α-hetero) is 1. The molecule has 14 heteroatoms. The monoisotopic (exact) mass is 788 g/mol. The Labute approximate surface area is 334 Å². The molecule has 3 saturated heterocycles. The molecule has 3 fully saturated rings. The van der Waals surface area contributed by atoms with Gasteiger partial charge in [-0.05, 0) is 98.6 Å². The van der Waals surface area contributed by atoms with Gasteiger partial charge < -0.3 is 43.5 Å². The van der Waals surface area contributed by atoms with Crippen molar-refractivity contribution in [1.29, 1.82) is 0 Å². The van der Waals surface area contributed by atoms with Gasteiger partial charge in [-0.3, -0.25) is 24.1 Å². The number of piperazine rings is 1. The largest absolute Gasteiger partial charge is 0.497 e. The van der Waals surface area contributed by atoms with E-state index in [4.69, 9.17) is 23.7 Å². The number of aliphatic hydroxyl groups is 1. The maximum Gasteiger partial charge on any atom is 0.319 e. The zero-order valence-corrected chi connectivity index (χ0v) is 35.8. The van der Waals surface area contributed by atoms with E-state index in [0.29, 0.717) is 63.4 Å². The van der Waals surface area contributed by atoms with Gasteiger partial charge in [0.25, 0.3) is 5.91 Å². The van der Waals surface area contributed by atoms with Crippen molar-refractivity contribution in [2.45, 2.75) is 123 Å². The Morgan fingerprint density at radius 1 is 1.00 bits per heavy atom. The number of rotatable bonds is 9. The van der Waals surface area contributed by atoms with Gasteiger partial charge in [0.15, 0.2) is 12.1 Å². The first-order valence-corrected chi connectivity index (χ1v) is 20.2. The smallest absolute Gasteiger partial charge is 0.319 e. The van der Waals surface area contributed by atoms with E-state index in [1.54, 1.807) is 76.0 Å². The number of methoxy groups -OCH3 is 2. The molecule has 1 aromatic carbocycles. The summed E-state index contributed by atoms with van der Waals surface area (Å²) in [6, 6.07) is 5.93. The van der Waals surface area contributed by atoms with Crippen LogP contribution in [0.25, 0.3) is 0 Å². The Morgan fingerprint density at radius 3 is 2.23 bits per heavy atom. The van der Waals surface area contributed by atoms with Gasteiger partial charge in [0.1, 0.15) is 29.4 Å². The molecule has 316 valence electrons. The second-order valence-electron chi connectivity index (χ2n) is 17.1. The van der Waals surface area contributed by atoms with Gasteiger partial charge in [-0.2, -0.15) is 0 Å². The van der Waals surface area contributed by atoms with E-state index in [1.807, 2.05) is 39.8 Å². The van der Waals surface area contributed by atoms with Gasteiger partial charge >= 0.3 is 5.97 Å². The first kappa shape index (κ1) is 45.6. The molecule has 4 rings (SSSR count). The fraction of sp³-hybridized carbons (Fsp3) is 0.762. The number of hydrogen-bond acceptors (Lipinski definition) is 12. The molecule has 0 aromatic heterocycles. The van der Waals surface area contributed by atoms with Crippen LogP contribution < -0.4 is 4.74 Å². The van der Waals surface area contributed by atoms with Crippen LogP contribution >= 0.6 is 0 Å². The molecule has 0 aliphatic carbocycles. The van der Waals surface area contributed by atoms with Crippen LogP contribution in [0.2, 0.25) is 0 Å². The van der Waals surface area contributed by atoms with Crippen LogP contribution in [-0.2, 0) is 33.3 Å². The lowest BCUT2D eigenvalue weighted by Gasteiger charge is -2.47. The van der Waals surface area contributed by atoms with Crippen molar-refractivity contribution in [3.63, 3.8) is 0 Å². The van der Waals surface area contributed by atoms with E-state index in [0.717, 1.165) is 6.42 Å². The maximum absolute atomic E-state index is 14.7. The lowest BCUT2D eigenvalue weighted by molar-refractivity contribution is -0.295. The molecule has 1 N–H and O–H groups in total. The number of ether oxygens (including phenoxy) is 5. The molecule has 14 nitrogen and oxygen atoms in total. The molecule has 10 atom stereocenters. The lowest BCUT2D eigenvalue weighted by Crippen LogP contribution is -2.60. The van der Waals surface area contributed by atoms with E-state index in [9.17, 15) is 24.3 Å². The highest BCUT2D eigenvalue weighted by Crippen LogP contribution is 2.39. The van der Waals surface area contributed by atoms with Gasteiger partial charge in [-0.15, -0.1) is 0 Å². The molecular weight excluding hydrogens is 720 g/mol. The van der Waals surface area contributed by atoms with Crippen molar-refractivity contribution in [2.75, 3.05) is 67.6 Å². The highest BCUT2D eigenvalue weighted by atomic mass is 16.7. The average molecular weight is 789 g/mol. The van der Waals surface area contributed by atoms with E-state index < -0.39 is 59.3 Å². The van der Waals surface area contributed by atoms with Crippen molar-refractivity contribution >= 4 is 23.6 Å². The molecule has 0 unspecified atom stereocenters. The summed E-state index contributed by atoms with van der Waals surface area (Å²) in [5, 5.41) is 11.5. The summed E-state index contributed by atoms with van der Waals surface area (Å²) < 4.78 is 30.6. The van der Waals surface area contributed by atoms with E-state index in [1.165, 1.54) is 0 Å². The lowest BCUT2D eigenvalue weighted by atomic mass is 9.74. The van der Waals surface area contributed by atoms with Crippen LogP contribution in [0.5, 0.6) is 5.75 Å². The second-order valence-corrected chi connectivity index (χ2v) is 17.1. The predicted octanol–water partition coefficient (Wildman–Crippen LogP) is 3.48. The highest BCUT2D eigenvalue weighted by Gasteiger charge is 2.52. The topological polar surface area (TPSA) is 148 Å². The molecule has 3 aliphatic heterocycles. The number of amides is 2. The summed E-state index contributed by atoms with van der Waals surface area (Å²) in [5.41, 5.74) is -2.18. The van der Waals surface area contributed by atoms with Gasteiger partial charge in [0, 0.05) is 57.4 Å². The molecule has 0 spiro atoms. The van der Waals surface area contributed by atoms with Crippen molar-refractivity contribution < 1.29 is 48.0 Å². The Balaban J connectivity index is 1.65. The van der Waals surface area contributed by atoms with Crippen molar-refractivity contribution in [2.24, 2.45) is 17.3 Å². The van der Waals surface area contributed by atoms with Crippen molar-refractivity contribution in [1.82, 2.24) is 19.6 Å². The van der Waals surface area contributed by atoms with Gasteiger partial charge in [-0.25, -0.2) is 0 Å². The van der Waals surface area contributed by atoms with Gasteiger partial charge in [-0.1, -0.05) is 26.8 Å². The summed E-state index contributed by atoms with van der Waals surface area (Å²) in [5.74, 6) is -1.87. The number of likely N-dealkylation sites (N-methyl/N-ethyl adjacent to an activating group) is 1. The van der Waals surface area contributed by atoms with Crippen LogP contribution in [-0.4, -0.2) is 164 Å². The number of aliphatic hydroxyl groups excluding tert-OH is 1. The number of carbonyl (C=O) groups excluding carboxylic acids is 4. The first-order chi connectivity index (χ1) is 26.3. The molecule has 0 radical (unpaired) electrons. The number of cyclic esters (lactones) is 1.